The molecule has 0 spiro atoms. The van der Waals surface area contributed by atoms with Gasteiger partial charge < -0.3 is 9.84 Å². The van der Waals surface area contributed by atoms with Gasteiger partial charge in [0.15, 0.2) is 0 Å². The van der Waals surface area contributed by atoms with Crippen molar-refractivity contribution >= 4 is 5.97 Å². The van der Waals surface area contributed by atoms with Crippen LogP contribution in [0.1, 0.15) is 43.1 Å². The van der Waals surface area contributed by atoms with Crippen molar-refractivity contribution in [2.75, 3.05) is 13.7 Å². The SMILES string of the molecule is CCC(C)N(CC)Cc1ccc(C(=O)O)c(OC)c1. The van der Waals surface area contributed by atoms with E-state index in [4.69, 9.17) is 9.84 Å². The molecule has 0 heterocycles. The molecular weight excluding hydrogens is 242 g/mol. The number of carbonyl (C=O) groups is 1. The first-order chi connectivity index (χ1) is 9.03. The molecule has 0 aromatic heterocycles. The van der Waals surface area contributed by atoms with E-state index in [1.165, 1.54) is 7.11 Å². The van der Waals surface area contributed by atoms with Gasteiger partial charge in [0.05, 0.1) is 7.11 Å². The number of ether oxygens (including phenoxy) is 1. The van der Waals surface area contributed by atoms with Crippen molar-refractivity contribution in [1.82, 2.24) is 4.90 Å². The minimum Gasteiger partial charge on any atom is -0.496 e. The van der Waals surface area contributed by atoms with Crippen LogP contribution in [0, 0.1) is 0 Å². The highest BCUT2D eigenvalue weighted by Crippen LogP contribution is 2.21. The number of aromatic carboxylic acids is 1. The molecule has 0 bridgehead atoms. The third-order valence-electron chi connectivity index (χ3n) is 3.50. The number of methoxy groups -OCH3 is 1. The van der Waals surface area contributed by atoms with Gasteiger partial charge >= 0.3 is 5.97 Å². The molecular formula is C15H23NO3. The van der Waals surface area contributed by atoms with E-state index in [2.05, 4.69) is 25.7 Å². The molecule has 0 saturated carbocycles. The van der Waals surface area contributed by atoms with Crippen LogP contribution in [0.5, 0.6) is 5.75 Å². The molecule has 1 atom stereocenters. The lowest BCUT2D eigenvalue weighted by Gasteiger charge is -2.27. The van der Waals surface area contributed by atoms with E-state index >= 15 is 0 Å². The predicted octanol–water partition coefficient (Wildman–Crippen LogP) is 3.01. The van der Waals surface area contributed by atoms with Gasteiger partial charge in [0, 0.05) is 12.6 Å². The Morgan fingerprint density at radius 1 is 1.42 bits per heavy atom. The van der Waals surface area contributed by atoms with E-state index in [1.807, 2.05) is 12.1 Å². The number of nitrogens with zero attached hydrogens (tertiary/aromatic N) is 1. The molecule has 1 rings (SSSR count). The molecule has 1 unspecified atom stereocenters. The predicted molar refractivity (Wildman–Crippen MR) is 75.8 cm³/mol. The van der Waals surface area contributed by atoms with E-state index in [0.717, 1.165) is 25.1 Å². The zero-order valence-corrected chi connectivity index (χ0v) is 12.1. The Kier molecular flexibility index (Phi) is 5.83. The zero-order chi connectivity index (χ0) is 14.4. The minimum absolute atomic E-state index is 0.206. The van der Waals surface area contributed by atoms with Gasteiger partial charge in [-0.2, -0.15) is 0 Å². The van der Waals surface area contributed by atoms with E-state index in [-0.39, 0.29) is 5.56 Å². The van der Waals surface area contributed by atoms with E-state index < -0.39 is 5.97 Å². The van der Waals surface area contributed by atoms with Crippen molar-refractivity contribution in [2.45, 2.75) is 39.8 Å². The maximum atomic E-state index is 11.0. The number of carboxylic acid groups (broad SMARTS) is 1. The highest BCUT2D eigenvalue weighted by atomic mass is 16.5. The van der Waals surface area contributed by atoms with Crippen molar-refractivity contribution in [1.29, 1.82) is 0 Å². The number of rotatable bonds is 7. The van der Waals surface area contributed by atoms with Crippen LogP contribution >= 0.6 is 0 Å². The van der Waals surface area contributed by atoms with Gasteiger partial charge in [-0.05, 0) is 37.6 Å². The summed E-state index contributed by atoms with van der Waals surface area (Å²) in [6.07, 6.45) is 1.10. The van der Waals surface area contributed by atoms with Crippen LogP contribution in [-0.2, 0) is 6.54 Å². The summed E-state index contributed by atoms with van der Waals surface area (Å²) in [5.41, 5.74) is 1.28. The second-order valence-corrected chi connectivity index (χ2v) is 4.66. The normalized spacial score (nSPS) is 12.5. The number of carboxylic acids is 1. The van der Waals surface area contributed by atoms with E-state index in [9.17, 15) is 4.79 Å². The number of hydrogen-bond acceptors (Lipinski definition) is 3. The molecule has 4 nitrogen and oxygen atoms in total. The van der Waals surface area contributed by atoms with Gasteiger partial charge in [0.1, 0.15) is 11.3 Å². The molecule has 4 heteroatoms. The summed E-state index contributed by atoms with van der Waals surface area (Å²) < 4.78 is 5.15. The molecule has 1 aromatic carbocycles. The van der Waals surface area contributed by atoms with Gasteiger partial charge in [-0.3, -0.25) is 4.90 Å². The van der Waals surface area contributed by atoms with Crippen LogP contribution in [-0.4, -0.2) is 35.7 Å². The molecule has 0 radical (unpaired) electrons. The maximum absolute atomic E-state index is 11.0. The quantitative estimate of drug-likeness (QED) is 0.823. The Balaban J connectivity index is 2.93. The zero-order valence-electron chi connectivity index (χ0n) is 12.1. The fourth-order valence-corrected chi connectivity index (χ4v) is 2.08. The standard InChI is InChI=1S/C15H23NO3/c1-5-11(3)16(6-2)10-12-7-8-13(15(17)18)14(9-12)19-4/h7-9,11H,5-6,10H2,1-4H3,(H,17,18). The molecule has 106 valence electrons. The largest absolute Gasteiger partial charge is 0.496 e. The summed E-state index contributed by atoms with van der Waals surface area (Å²) in [5.74, 6) is -0.539. The summed E-state index contributed by atoms with van der Waals surface area (Å²) in [6.45, 7) is 8.28. The van der Waals surface area contributed by atoms with Crippen LogP contribution < -0.4 is 4.74 Å². The summed E-state index contributed by atoms with van der Waals surface area (Å²) in [5, 5.41) is 9.05. The van der Waals surface area contributed by atoms with Gasteiger partial charge in [0.2, 0.25) is 0 Å². The lowest BCUT2D eigenvalue weighted by atomic mass is 10.1. The highest BCUT2D eigenvalue weighted by Gasteiger charge is 2.14. The van der Waals surface area contributed by atoms with Crippen LogP contribution in [0.2, 0.25) is 0 Å². The Morgan fingerprint density at radius 3 is 2.58 bits per heavy atom. The third-order valence-corrected chi connectivity index (χ3v) is 3.50. The lowest BCUT2D eigenvalue weighted by Crippen LogP contribution is -2.31. The molecule has 0 aliphatic heterocycles. The van der Waals surface area contributed by atoms with Gasteiger partial charge in [-0.1, -0.05) is 19.9 Å². The van der Waals surface area contributed by atoms with Crippen molar-refractivity contribution in [3.63, 3.8) is 0 Å². The summed E-state index contributed by atoms with van der Waals surface area (Å²) in [4.78, 5) is 13.4. The third kappa shape index (κ3) is 3.96. The minimum atomic E-state index is -0.960. The Bertz CT molecular complexity index is 431. The fourth-order valence-electron chi connectivity index (χ4n) is 2.08. The maximum Gasteiger partial charge on any atom is 0.339 e. The first kappa shape index (κ1) is 15.5. The Morgan fingerprint density at radius 2 is 2.11 bits per heavy atom. The first-order valence-electron chi connectivity index (χ1n) is 6.67. The van der Waals surface area contributed by atoms with Crippen molar-refractivity contribution < 1.29 is 14.6 Å². The summed E-state index contributed by atoms with van der Waals surface area (Å²) in [7, 11) is 1.50. The summed E-state index contributed by atoms with van der Waals surface area (Å²) in [6, 6.07) is 5.79. The average Bonchev–Trinajstić information content (AvgIpc) is 2.43. The average molecular weight is 265 g/mol. The summed E-state index contributed by atoms with van der Waals surface area (Å²) >= 11 is 0. The monoisotopic (exact) mass is 265 g/mol. The van der Waals surface area contributed by atoms with Crippen LogP contribution in [0.3, 0.4) is 0 Å². The molecule has 0 amide bonds. The van der Waals surface area contributed by atoms with Gasteiger partial charge in [-0.15, -0.1) is 0 Å². The van der Waals surface area contributed by atoms with E-state index in [0.29, 0.717) is 11.8 Å². The van der Waals surface area contributed by atoms with Gasteiger partial charge in [0.25, 0.3) is 0 Å². The first-order valence-corrected chi connectivity index (χ1v) is 6.67. The van der Waals surface area contributed by atoms with Crippen LogP contribution in [0.15, 0.2) is 18.2 Å². The molecule has 0 saturated heterocycles. The Hall–Kier alpha value is -1.55. The molecule has 1 N–H and O–H groups in total. The number of benzene rings is 1. The highest BCUT2D eigenvalue weighted by molar-refractivity contribution is 5.90. The van der Waals surface area contributed by atoms with E-state index in [1.54, 1.807) is 6.07 Å². The molecule has 0 fully saturated rings. The smallest absolute Gasteiger partial charge is 0.339 e. The molecule has 1 aromatic rings. The van der Waals surface area contributed by atoms with Crippen LogP contribution in [0.25, 0.3) is 0 Å². The van der Waals surface area contributed by atoms with Crippen molar-refractivity contribution in [3.8, 4) is 5.75 Å². The van der Waals surface area contributed by atoms with Crippen LogP contribution in [0.4, 0.5) is 0 Å². The lowest BCUT2D eigenvalue weighted by molar-refractivity contribution is 0.0693. The Labute approximate surface area is 115 Å². The molecule has 0 aliphatic rings. The van der Waals surface area contributed by atoms with Crippen molar-refractivity contribution in [3.05, 3.63) is 29.3 Å². The van der Waals surface area contributed by atoms with Gasteiger partial charge in [-0.25, -0.2) is 4.79 Å². The van der Waals surface area contributed by atoms with Crippen molar-refractivity contribution in [2.24, 2.45) is 0 Å². The fraction of sp³-hybridized carbons (Fsp3) is 0.533. The topological polar surface area (TPSA) is 49.8 Å². The second-order valence-electron chi connectivity index (χ2n) is 4.66. The number of hydrogen-bond donors (Lipinski definition) is 1. The molecule has 19 heavy (non-hydrogen) atoms. The second kappa shape index (κ2) is 7.14. The molecule has 0 aliphatic carbocycles.